The Labute approximate surface area is 131 Å². The maximum absolute atomic E-state index is 4.36. The van der Waals surface area contributed by atoms with Crippen molar-refractivity contribution in [2.24, 2.45) is 0 Å². The summed E-state index contributed by atoms with van der Waals surface area (Å²) in [4.78, 5) is 16.8. The Bertz CT molecular complexity index is 600. The molecule has 6 heteroatoms. The van der Waals surface area contributed by atoms with Crippen molar-refractivity contribution < 1.29 is 0 Å². The van der Waals surface area contributed by atoms with E-state index in [1.165, 1.54) is 45.6 Å². The number of anilines is 1. The monoisotopic (exact) mass is 302 g/mol. The molecule has 2 N–H and O–H groups in total. The lowest BCUT2D eigenvalue weighted by molar-refractivity contribution is 0.152. The summed E-state index contributed by atoms with van der Waals surface area (Å²) in [5.74, 6) is 0.939. The number of hydrogen-bond acceptors (Lipinski definition) is 5. The van der Waals surface area contributed by atoms with E-state index in [1.807, 2.05) is 6.92 Å². The Morgan fingerprint density at radius 3 is 2.82 bits per heavy atom. The van der Waals surface area contributed by atoms with Gasteiger partial charge in [-0.05, 0) is 39.4 Å². The minimum atomic E-state index is 0.910. The molecule has 0 spiro atoms. The molecule has 0 aromatic carbocycles. The van der Waals surface area contributed by atoms with E-state index < -0.39 is 0 Å². The molecule has 1 saturated heterocycles. The van der Waals surface area contributed by atoms with Gasteiger partial charge in [-0.1, -0.05) is 0 Å². The maximum atomic E-state index is 4.36. The average molecular weight is 302 g/mol. The smallest absolute Gasteiger partial charge is 0.143 e. The molecular weight excluding hydrogens is 276 g/mol. The Morgan fingerprint density at radius 1 is 1.18 bits per heavy atom. The highest BCUT2D eigenvalue weighted by atomic mass is 15.2. The van der Waals surface area contributed by atoms with Gasteiger partial charge in [0, 0.05) is 38.4 Å². The number of rotatable bonds is 6. The van der Waals surface area contributed by atoms with Gasteiger partial charge in [0.1, 0.15) is 17.8 Å². The van der Waals surface area contributed by atoms with E-state index in [2.05, 4.69) is 43.2 Å². The third-order valence-electron chi connectivity index (χ3n) is 4.35. The largest absolute Gasteiger partial charge is 0.369 e. The topological polar surface area (TPSA) is 60.1 Å². The van der Waals surface area contributed by atoms with Crippen molar-refractivity contribution in [2.45, 2.75) is 19.8 Å². The van der Waals surface area contributed by atoms with Gasteiger partial charge < -0.3 is 20.1 Å². The van der Waals surface area contributed by atoms with Gasteiger partial charge in [0.05, 0.1) is 5.39 Å². The second-order valence-electron chi connectivity index (χ2n) is 6.22. The van der Waals surface area contributed by atoms with Crippen LogP contribution in [0.2, 0.25) is 0 Å². The molecule has 2 aromatic heterocycles. The molecular formula is C16H26N6. The van der Waals surface area contributed by atoms with E-state index in [4.69, 9.17) is 0 Å². The fourth-order valence-corrected chi connectivity index (χ4v) is 2.95. The van der Waals surface area contributed by atoms with Crippen molar-refractivity contribution in [3.8, 4) is 0 Å². The van der Waals surface area contributed by atoms with E-state index >= 15 is 0 Å². The van der Waals surface area contributed by atoms with Gasteiger partial charge in [0.2, 0.25) is 0 Å². The van der Waals surface area contributed by atoms with Gasteiger partial charge in [-0.2, -0.15) is 0 Å². The first kappa shape index (κ1) is 15.2. The van der Waals surface area contributed by atoms with Gasteiger partial charge in [0.15, 0.2) is 0 Å². The van der Waals surface area contributed by atoms with Crippen LogP contribution >= 0.6 is 0 Å². The third-order valence-corrected chi connectivity index (χ3v) is 4.35. The Balaban J connectivity index is 1.41. The van der Waals surface area contributed by atoms with Crippen LogP contribution in [0.25, 0.3) is 11.0 Å². The number of piperazine rings is 1. The summed E-state index contributed by atoms with van der Waals surface area (Å²) < 4.78 is 0. The molecule has 0 radical (unpaired) electrons. The quantitative estimate of drug-likeness (QED) is 0.796. The SMILES string of the molecule is Cc1cc2c(NCCCCN3CCN(C)CC3)ncnc2[nH]1. The number of likely N-dealkylation sites (N-methyl/N-ethyl adjacent to an activating group) is 1. The van der Waals surface area contributed by atoms with Crippen LogP contribution in [0.4, 0.5) is 5.82 Å². The molecule has 3 heterocycles. The van der Waals surface area contributed by atoms with Crippen molar-refractivity contribution in [1.82, 2.24) is 24.8 Å². The van der Waals surface area contributed by atoms with Crippen molar-refractivity contribution in [2.75, 3.05) is 51.6 Å². The van der Waals surface area contributed by atoms with Crippen LogP contribution in [0.15, 0.2) is 12.4 Å². The molecule has 6 nitrogen and oxygen atoms in total. The summed E-state index contributed by atoms with van der Waals surface area (Å²) >= 11 is 0. The van der Waals surface area contributed by atoms with Crippen LogP contribution < -0.4 is 5.32 Å². The van der Waals surface area contributed by atoms with Crippen LogP contribution in [0.1, 0.15) is 18.5 Å². The summed E-state index contributed by atoms with van der Waals surface area (Å²) in [7, 11) is 2.20. The number of unbranched alkanes of at least 4 members (excludes halogenated alkanes) is 1. The normalized spacial score (nSPS) is 17.2. The van der Waals surface area contributed by atoms with Gasteiger partial charge in [-0.25, -0.2) is 9.97 Å². The number of hydrogen-bond donors (Lipinski definition) is 2. The van der Waals surface area contributed by atoms with Crippen LogP contribution in [-0.4, -0.2) is 71.1 Å². The highest BCUT2D eigenvalue weighted by Gasteiger charge is 2.12. The first-order chi connectivity index (χ1) is 10.7. The molecule has 1 fully saturated rings. The van der Waals surface area contributed by atoms with Crippen LogP contribution in [0.5, 0.6) is 0 Å². The first-order valence-corrected chi connectivity index (χ1v) is 8.17. The fraction of sp³-hybridized carbons (Fsp3) is 0.625. The van der Waals surface area contributed by atoms with Crippen molar-refractivity contribution >= 4 is 16.9 Å². The van der Waals surface area contributed by atoms with Crippen LogP contribution in [-0.2, 0) is 0 Å². The van der Waals surface area contributed by atoms with Crippen molar-refractivity contribution in [3.05, 3.63) is 18.1 Å². The highest BCUT2D eigenvalue weighted by Crippen LogP contribution is 2.19. The molecule has 0 atom stereocenters. The zero-order chi connectivity index (χ0) is 15.4. The van der Waals surface area contributed by atoms with E-state index in [-0.39, 0.29) is 0 Å². The van der Waals surface area contributed by atoms with Gasteiger partial charge in [-0.3, -0.25) is 0 Å². The lowest BCUT2D eigenvalue weighted by Crippen LogP contribution is -2.44. The minimum absolute atomic E-state index is 0.910. The first-order valence-electron chi connectivity index (χ1n) is 8.17. The van der Waals surface area contributed by atoms with Crippen molar-refractivity contribution in [3.63, 3.8) is 0 Å². The van der Waals surface area contributed by atoms with Crippen molar-refractivity contribution in [1.29, 1.82) is 0 Å². The molecule has 22 heavy (non-hydrogen) atoms. The second kappa shape index (κ2) is 7.07. The lowest BCUT2D eigenvalue weighted by atomic mass is 10.2. The Kier molecular flexibility index (Phi) is 4.90. The zero-order valence-corrected chi connectivity index (χ0v) is 13.6. The van der Waals surface area contributed by atoms with Gasteiger partial charge in [0.25, 0.3) is 0 Å². The predicted octanol–water partition coefficient (Wildman–Crippen LogP) is 1.71. The molecule has 120 valence electrons. The van der Waals surface area contributed by atoms with E-state index in [9.17, 15) is 0 Å². The molecule has 1 aliphatic heterocycles. The van der Waals surface area contributed by atoms with Crippen LogP contribution in [0, 0.1) is 6.92 Å². The molecule has 0 unspecified atom stereocenters. The lowest BCUT2D eigenvalue weighted by Gasteiger charge is -2.32. The number of nitrogens with one attached hydrogen (secondary N) is 2. The summed E-state index contributed by atoms with van der Waals surface area (Å²) in [6, 6.07) is 2.10. The van der Waals surface area contributed by atoms with Gasteiger partial charge in [-0.15, -0.1) is 0 Å². The number of aromatic nitrogens is 3. The number of aryl methyl sites for hydroxylation is 1. The van der Waals surface area contributed by atoms with Gasteiger partial charge >= 0.3 is 0 Å². The molecule has 1 aliphatic rings. The zero-order valence-electron chi connectivity index (χ0n) is 13.6. The Hall–Kier alpha value is -1.66. The molecule has 0 saturated carbocycles. The minimum Gasteiger partial charge on any atom is -0.369 e. The number of nitrogens with zero attached hydrogens (tertiary/aromatic N) is 4. The second-order valence-corrected chi connectivity index (χ2v) is 6.22. The number of fused-ring (bicyclic) bond motifs is 1. The Morgan fingerprint density at radius 2 is 2.00 bits per heavy atom. The summed E-state index contributed by atoms with van der Waals surface area (Å²) in [6.07, 6.45) is 4.02. The molecule has 0 aliphatic carbocycles. The van der Waals surface area contributed by atoms with E-state index in [1.54, 1.807) is 6.33 Å². The summed E-state index contributed by atoms with van der Waals surface area (Å²) in [6.45, 7) is 9.02. The van der Waals surface area contributed by atoms with Crippen LogP contribution in [0.3, 0.4) is 0 Å². The maximum Gasteiger partial charge on any atom is 0.143 e. The molecule has 0 bridgehead atoms. The number of H-pyrrole nitrogens is 1. The number of aromatic amines is 1. The molecule has 3 rings (SSSR count). The predicted molar refractivity (Wildman–Crippen MR) is 90.3 cm³/mol. The van der Waals surface area contributed by atoms with E-state index in [0.717, 1.165) is 29.1 Å². The van der Waals surface area contributed by atoms with E-state index in [0.29, 0.717) is 0 Å². The molecule has 2 aromatic rings. The molecule has 0 amide bonds. The summed E-state index contributed by atoms with van der Waals surface area (Å²) in [5.41, 5.74) is 2.03. The fourth-order valence-electron chi connectivity index (χ4n) is 2.95. The average Bonchev–Trinajstić information content (AvgIpc) is 2.90. The third kappa shape index (κ3) is 3.75. The standard InChI is InChI=1S/C16H26N6/c1-13-11-14-15(18-12-19-16(14)20-13)17-5-3-4-6-22-9-7-21(2)8-10-22/h11-12H,3-10H2,1-2H3,(H2,17,18,19,20). The summed E-state index contributed by atoms with van der Waals surface area (Å²) in [5, 5.41) is 4.53. The highest BCUT2D eigenvalue weighted by molar-refractivity contribution is 5.87.